The Balaban J connectivity index is 2.16. The molecule has 0 spiro atoms. The fourth-order valence-electron chi connectivity index (χ4n) is 2.70. The molecule has 8 nitrogen and oxygen atoms in total. The first kappa shape index (κ1) is 16.3. The van der Waals surface area contributed by atoms with Crippen molar-refractivity contribution in [2.75, 3.05) is 5.75 Å². The molecule has 24 heavy (non-hydrogen) atoms. The molecular formula is C15H14N3O5S-. The zero-order valence-electron chi connectivity index (χ0n) is 12.8. The second kappa shape index (κ2) is 5.84. The fraction of sp³-hybridized carbons (Fsp3) is 0.267. The third kappa shape index (κ3) is 2.95. The van der Waals surface area contributed by atoms with Crippen molar-refractivity contribution in [1.82, 2.24) is 14.1 Å². The van der Waals surface area contributed by atoms with Gasteiger partial charge in [0.05, 0.1) is 15.7 Å². The number of rotatable bonds is 4. The first-order valence-corrected chi connectivity index (χ1v) is 8.78. The van der Waals surface area contributed by atoms with Crippen molar-refractivity contribution < 1.29 is 13.0 Å². The maximum atomic E-state index is 12.6. The topological polar surface area (TPSA) is 114 Å². The van der Waals surface area contributed by atoms with Crippen molar-refractivity contribution in [3.8, 4) is 11.4 Å². The molecule has 0 aliphatic carbocycles. The first-order chi connectivity index (χ1) is 11.3. The summed E-state index contributed by atoms with van der Waals surface area (Å²) in [4.78, 5) is 28.6. The zero-order chi connectivity index (χ0) is 17.5. The summed E-state index contributed by atoms with van der Waals surface area (Å²) in [7, 11) is -2.68. The minimum atomic E-state index is -4.39. The molecule has 0 amide bonds. The van der Waals surface area contributed by atoms with Crippen molar-refractivity contribution in [3.63, 3.8) is 0 Å². The molecule has 0 aromatic heterocycles. The third-order valence-corrected chi connectivity index (χ3v) is 4.63. The molecule has 0 atom stereocenters. The van der Waals surface area contributed by atoms with Crippen molar-refractivity contribution in [3.05, 3.63) is 51.2 Å². The second-order valence-corrected chi connectivity index (χ2v) is 6.99. The Morgan fingerprint density at radius 1 is 1.21 bits per heavy atom. The number of hydrogen-bond donors (Lipinski definition) is 0. The number of nitrogens with zero attached hydrogens (tertiary/aromatic N) is 3. The molecule has 9 heteroatoms. The van der Waals surface area contributed by atoms with Crippen LogP contribution in [0.3, 0.4) is 0 Å². The largest absolute Gasteiger partial charge is 0.748 e. The highest BCUT2D eigenvalue weighted by molar-refractivity contribution is 7.85. The molecule has 0 saturated heterocycles. The summed E-state index contributed by atoms with van der Waals surface area (Å²) in [5, 5.41) is 0.818. The molecule has 2 aliphatic rings. The van der Waals surface area contributed by atoms with Crippen LogP contribution < -0.4 is 11.2 Å². The lowest BCUT2D eigenvalue weighted by molar-refractivity contribution is 0.458. The minimum absolute atomic E-state index is 0.117. The van der Waals surface area contributed by atoms with E-state index in [-0.39, 0.29) is 24.4 Å². The number of aryl methyl sites for hydroxylation is 1. The average Bonchev–Trinajstić information content (AvgIpc) is 2.51. The van der Waals surface area contributed by atoms with Gasteiger partial charge in [-0.15, -0.1) is 0 Å². The molecule has 0 saturated carbocycles. The van der Waals surface area contributed by atoms with Crippen LogP contribution in [0.2, 0.25) is 0 Å². The van der Waals surface area contributed by atoms with Gasteiger partial charge in [0.15, 0.2) is 5.82 Å². The van der Waals surface area contributed by atoms with Gasteiger partial charge in [-0.05, 0) is 23.9 Å². The van der Waals surface area contributed by atoms with E-state index in [1.807, 2.05) is 24.3 Å². The summed E-state index contributed by atoms with van der Waals surface area (Å²) in [5.74, 6) is -0.376. The number of fused-ring (bicyclic) bond motifs is 2. The van der Waals surface area contributed by atoms with E-state index in [2.05, 4.69) is 4.98 Å². The fourth-order valence-corrected chi connectivity index (χ4v) is 3.18. The smallest absolute Gasteiger partial charge is 0.352 e. The molecule has 1 aromatic carbocycles. The van der Waals surface area contributed by atoms with E-state index in [9.17, 15) is 22.6 Å². The van der Waals surface area contributed by atoms with Gasteiger partial charge in [0.1, 0.15) is 0 Å². The van der Waals surface area contributed by atoms with E-state index in [0.717, 1.165) is 15.5 Å². The van der Waals surface area contributed by atoms with Crippen LogP contribution in [0.15, 0.2) is 39.9 Å². The average molecular weight is 348 g/mol. The molecule has 2 aliphatic heterocycles. The number of para-hydroxylation sites is 1. The SMILES string of the molecule is Cn1c2nc(=O)n(CCCS(=O)(=O)[O-])c(=O)c-2cc2ccccc21. The van der Waals surface area contributed by atoms with E-state index in [1.165, 1.54) is 0 Å². The first-order valence-electron chi connectivity index (χ1n) is 7.21. The zero-order valence-corrected chi connectivity index (χ0v) is 13.6. The summed E-state index contributed by atoms with van der Waals surface area (Å²) in [5.41, 5.74) is -0.219. The third-order valence-electron chi connectivity index (χ3n) is 3.84. The Labute approximate surface area is 137 Å². The Bertz CT molecular complexity index is 1110. The van der Waals surface area contributed by atoms with Gasteiger partial charge in [0.2, 0.25) is 0 Å². The molecule has 0 radical (unpaired) electrons. The van der Waals surface area contributed by atoms with Gasteiger partial charge >= 0.3 is 5.69 Å². The molecule has 2 heterocycles. The van der Waals surface area contributed by atoms with E-state index in [1.54, 1.807) is 17.7 Å². The highest BCUT2D eigenvalue weighted by Crippen LogP contribution is 2.22. The minimum Gasteiger partial charge on any atom is -0.748 e. The summed E-state index contributed by atoms with van der Waals surface area (Å²) >= 11 is 0. The molecular weight excluding hydrogens is 334 g/mol. The van der Waals surface area contributed by atoms with E-state index in [0.29, 0.717) is 0 Å². The van der Waals surface area contributed by atoms with E-state index < -0.39 is 27.1 Å². The Kier molecular flexibility index (Phi) is 3.98. The van der Waals surface area contributed by atoms with Crippen molar-refractivity contribution in [2.45, 2.75) is 13.0 Å². The second-order valence-electron chi connectivity index (χ2n) is 5.47. The Morgan fingerprint density at radius 3 is 2.62 bits per heavy atom. The number of aromatic nitrogens is 3. The lowest BCUT2D eigenvalue weighted by Crippen LogP contribution is -2.38. The van der Waals surface area contributed by atoms with Crippen LogP contribution in [0.1, 0.15) is 6.42 Å². The van der Waals surface area contributed by atoms with Crippen LogP contribution in [0.4, 0.5) is 0 Å². The Morgan fingerprint density at radius 2 is 1.92 bits per heavy atom. The highest BCUT2D eigenvalue weighted by Gasteiger charge is 2.18. The predicted octanol–water partition coefficient (Wildman–Crippen LogP) is 0.135. The molecule has 0 unspecified atom stereocenters. The predicted molar refractivity (Wildman–Crippen MR) is 87.0 cm³/mol. The monoisotopic (exact) mass is 348 g/mol. The van der Waals surface area contributed by atoms with Gasteiger partial charge in [0.25, 0.3) is 5.56 Å². The molecule has 0 bridgehead atoms. The standard InChI is InChI=1S/C15H15N3O5S/c1-17-12-6-3-2-5-10(12)9-11-13(17)16-15(20)18(14(11)19)7-4-8-24(21,22)23/h2-3,5-6,9H,4,7-8H2,1H3,(H,21,22,23)/p-1. The van der Waals surface area contributed by atoms with E-state index >= 15 is 0 Å². The van der Waals surface area contributed by atoms with Gasteiger partial charge in [0, 0.05) is 24.9 Å². The number of pyridine rings is 1. The molecule has 0 fully saturated rings. The summed E-state index contributed by atoms with van der Waals surface area (Å²) in [6, 6.07) is 9.03. The summed E-state index contributed by atoms with van der Waals surface area (Å²) in [6.45, 7) is -0.168. The van der Waals surface area contributed by atoms with Gasteiger partial charge in [-0.1, -0.05) is 18.2 Å². The summed E-state index contributed by atoms with van der Waals surface area (Å²) in [6.07, 6.45) is -0.117. The van der Waals surface area contributed by atoms with Crippen molar-refractivity contribution >= 4 is 21.0 Å². The maximum Gasteiger partial charge on any atom is 0.352 e. The van der Waals surface area contributed by atoms with Gasteiger partial charge < -0.3 is 9.12 Å². The quantitative estimate of drug-likeness (QED) is 0.489. The molecule has 0 N–H and O–H groups in total. The normalized spacial score (nSPS) is 12.1. The molecule has 3 rings (SSSR count). The van der Waals surface area contributed by atoms with Crippen LogP contribution >= 0.6 is 0 Å². The highest BCUT2D eigenvalue weighted by atomic mass is 32.2. The lowest BCUT2D eigenvalue weighted by Gasteiger charge is -2.15. The molecule has 126 valence electrons. The van der Waals surface area contributed by atoms with Gasteiger partial charge in [-0.25, -0.2) is 13.2 Å². The summed E-state index contributed by atoms with van der Waals surface area (Å²) < 4.78 is 34.5. The van der Waals surface area contributed by atoms with Crippen LogP contribution in [-0.4, -0.2) is 32.8 Å². The van der Waals surface area contributed by atoms with Crippen LogP contribution in [0.25, 0.3) is 22.3 Å². The van der Waals surface area contributed by atoms with Crippen LogP contribution in [0, 0.1) is 0 Å². The van der Waals surface area contributed by atoms with Crippen molar-refractivity contribution in [1.29, 1.82) is 0 Å². The Hall–Kier alpha value is -2.52. The van der Waals surface area contributed by atoms with Crippen LogP contribution in [-0.2, 0) is 23.7 Å². The van der Waals surface area contributed by atoms with Gasteiger partial charge in [-0.3, -0.25) is 9.36 Å². The van der Waals surface area contributed by atoms with Crippen molar-refractivity contribution in [2.24, 2.45) is 7.05 Å². The maximum absolute atomic E-state index is 12.6. The number of benzene rings is 1. The number of hydrogen-bond acceptors (Lipinski definition) is 6. The van der Waals surface area contributed by atoms with E-state index in [4.69, 9.17) is 0 Å². The van der Waals surface area contributed by atoms with Gasteiger partial charge in [-0.2, -0.15) is 4.98 Å². The lowest BCUT2D eigenvalue weighted by atomic mass is 10.1. The molecule has 1 aromatic rings. The van der Waals surface area contributed by atoms with Crippen LogP contribution in [0.5, 0.6) is 0 Å².